The van der Waals surface area contributed by atoms with Gasteiger partial charge in [0.05, 0.1) is 10.7 Å². The van der Waals surface area contributed by atoms with E-state index in [-0.39, 0.29) is 0 Å². The molecule has 2 nitrogen and oxygen atoms in total. The van der Waals surface area contributed by atoms with Crippen LogP contribution in [0.3, 0.4) is 0 Å². The number of benzene rings is 1. The van der Waals surface area contributed by atoms with Crippen LogP contribution < -0.4 is 5.73 Å². The van der Waals surface area contributed by atoms with Crippen LogP contribution in [-0.4, -0.2) is 11.5 Å². The Kier molecular flexibility index (Phi) is 3.95. The van der Waals surface area contributed by atoms with Gasteiger partial charge in [-0.15, -0.1) is 11.3 Å². The minimum Gasteiger partial charge on any atom is -0.330 e. The zero-order chi connectivity index (χ0) is 13.1. The summed E-state index contributed by atoms with van der Waals surface area (Å²) < 4.78 is 0. The topological polar surface area (TPSA) is 38.9 Å². The quantitative estimate of drug-likeness (QED) is 0.924. The van der Waals surface area contributed by atoms with Gasteiger partial charge in [0, 0.05) is 17.4 Å². The van der Waals surface area contributed by atoms with Crippen molar-refractivity contribution in [1.29, 1.82) is 0 Å². The highest BCUT2D eigenvalue weighted by Crippen LogP contribution is 2.28. The molecule has 1 aliphatic carbocycles. The molecule has 0 radical (unpaired) electrons. The Hall–Kier alpha value is -1.19. The first-order valence-corrected chi connectivity index (χ1v) is 8.01. The molecule has 0 spiro atoms. The van der Waals surface area contributed by atoms with E-state index < -0.39 is 0 Å². The standard InChI is InChI=1S/C16H20N2S/c17-9-3-6-16-18-15(11-19-16)14-8-7-12-4-1-2-5-13(12)10-14/h7-8,10-11H,1-6,9,17H2. The smallest absolute Gasteiger partial charge is 0.0933 e. The number of rotatable bonds is 4. The molecule has 1 aromatic carbocycles. The molecule has 0 amide bonds. The number of fused-ring (bicyclic) bond motifs is 1. The van der Waals surface area contributed by atoms with Gasteiger partial charge in [-0.1, -0.05) is 12.1 Å². The van der Waals surface area contributed by atoms with Crippen LogP contribution in [-0.2, 0) is 19.3 Å². The predicted molar refractivity (Wildman–Crippen MR) is 81.6 cm³/mol. The van der Waals surface area contributed by atoms with E-state index in [4.69, 9.17) is 10.7 Å². The van der Waals surface area contributed by atoms with E-state index in [2.05, 4.69) is 23.6 Å². The van der Waals surface area contributed by atoms with Crippen LogP contribution in [0.2, 0.25) is 0 Å². The van der Waals surface area contributed by atoms with Gasteiger partial charge in [0.1, 0.15) is 0 Å². The summed E-state index contributed by atoms with van der Waals surface area (Å²) >= 11 is 1.76. The number of nitrogens with two attached hydrogens (primary N) is 1. The van der Waals surface area contributed by atoms with Crippen LogP contribution in [0.5, 0.6) is 0 Å². The molecule has 1 heterocycles. The maximum atomic E-state index is 5.55. The molecule has 0 aliphatic heterocycles. The summed E-state index contributed by atoms with van der Waals surface area (Å²) in [4.78, 5) is 4.73. The zero-order valence-electron chi connectivity index (χ0n) is 11.2. The maximum Gasteiger partial charge on any atom is 0.0933 e. The number of aromatic nitrogens is 1. The van der Waals surface area contributed by atoms with Crippen molar-refractivity contribution >= 4 is 11.3 Å². The van der Waals surface area contributed by atoms with Crippen molar-refractivity contribution < 1.29 is 0 Å². The van der Waals surface area contributed by atoms with Gasteiger partial charge < -0.3 is 5.73 Å². The van der Waals surface area contributed by atoms with Crippen LogP contribution in [0.15, 0.2) is 23.6 Å². The lowest BCUT2D eigenvalue weighted by molar-refractivity contribution is 0.686. The summed E-state index contributed by atoms with van der Waals surface area (Å²) in [6.45, 7) is 0.744. The van der Waals surface area contributed by atoms with Gasteiger partial charge in [-0.25, -0.2) is 4.98 Å². The van der Waals surface area contributed by atoms with E-state index in [1.54, 1.807) is 11.3 Å². The van der Waals surface area contributed by atoms with Crippen molar-refractivity contribution in [1.82, 2.24) is 4.98 Å². The Morgan fingerprint density at radius 2 is 2.00 bits per heavy atom. The van der Waals surface area contributed by atoms with Gasteiger partial charge in [0.15, 0.2) is 0 Å². The molecule has 0 fully saturated rings. The zero-order valence-corrected chi connectivity index (χ0v) is 12.0. The van der Waals surface area contributed by atoms with Crippen molar-refractivity contribution in [3.8, 4) is 11.3 Å². The van der Waals surface area contributed by atoms with Crippen molar-refractivity contribution in [2.75, 3.05) is 6.54 Å². The minimum atomic E-state index is 0.744. The van der Waals surface area contributed by atoms with Crippen LogP contribution in [0.4, 0.5) is 0 Å². The normalized spacial score (nSPS) is 14.4. The second-order valence-corrected chi connectivity index (χ2v) is 6.15. The first kappa shape index (κ1) is 12.8. The molecule has 1 aliphatic rings. The van der Waals surface area contributed by atoms with Gasteiger partial charge in [-0.2, -0.15) is 0 Å². The molecule has 19 heavy (non-hydrogen) atoms. The first-order valence-electron chi connectivity index (χ1n) is 7.13. The second-order valence-electron chi connectivity index (χ2n) is 5.21. The number of nitrogens with zero attached hydrogens (tertiary/aromatic N) is 1. The predicted octanol–water partition coefficient (Wildman–Crippen LogP) is 3.58. The highest BCUT2D eigenvalue weighted by molar-refractivity contribution is 7.09. The van der Waals surface area contributed by atoms with Gasteiger partial charge in [0.25, 0.3) is 0 Å². The number of hydrogen-bond donors (Lipinski definition) is 1. The van der Waals surface area contributed by atoms with Crippen LogP contribution in [0, 0.1) is 0 Å². The molecule has 0 saturated carbocycles. The fraction of sp³-hybridized carbons (Fsp3) is 0.438. The summed E-state index contributed by atoms with van der Waals surface area (Å²) in [5.41, 5.74) is 11.0. The molecule has 1 aromatic heterocycles. The highest BCUT2D eigenvalue weighted by atomic mass is 32.1. The maximum absolute atomic E-state index is 5.55. The van der Waals surface area contributed by atoms with Crippen molar-refractivity contribution in [3.63, 3.8) is 0 Å². The Morgan fingerprint density at radius 1 is 1.16 bits per heavy atom. The minimum absolute atomic E-state index is 0.744. The second kappa shape index (κ2) is 5.85. The van der Waals surface area contributed by atoms with Crippen LogP contribution >= 0.6 is 11.3 Å². The molecule has 0 unspecified atom stereocenters. The molecule has 0 atom stereocenters. The SMILES string of the molecule is NCCCc1nc(-c2ccc3c(c2)CCCC3)cs1. The van der Waals surface area contributed by atoms with E-state index >= 15 is 0 Å². The van der Waals surface area contributed by atoms with Crippen LogP contribution in [0.1, 0.15) is 35.4 Å². The fourth-order valence-corrected chi connectivity index (χ4v) is 3.55. The Bertz CT molecular complexity index is 560. The third kappa shape index (κ3) is 2.88. The van der Waals surface area contributed by atoms with Crippen molar-refractivity contribution in [2.45, 2.75) is 38.5 Å². The highest BCUT2D eigenvalue weighted by Gasteiger charge is 2.11. The number of hydrogen-bond acceptors (Lipinski definition) is 3. The Balaban J connectivity index is 1.83. The van der Waals surface area contributed by atoms with Crippen LogP contribution in [0.25, 0.3) is 11.3 Å². The molecule has 0 bridgehead atoms. The summed E-state index contributed by atoms with van der Waals surface area (Å²) in [5, 5.41) is 3.38. The van der Waals surface area contributed by atoms with Crippen molar-refractivity contribution in [3.05, 3.63) is 39.7 Å². The lowest BCUT2D eigenvalue weighted by atomic mass is 9.90. The lowest BCUT2D eigenvalue weighted by Crippen LogP contribution is -2.02. The third-order valence-electron chi connectivity index (χ3n) is 3.79. The average molecular weight is 272 g/mol. The van der Waals surface area contributed by atoms with Crippen molar-refractivity contribution in [2.24, 2.45) is 5.73 Å². The average Bonchev–Trinajstić information content (AvgIpc) is 2.93. The molecule has 3 heteroatoms. The third-order valence-corrected chi connectivity index (χ3v) is 4.70. The summed E-state index contributed by atoms with van der Waals surface area (Å²) in [7, 11) is 0. The largest absolute Gasteiger partial charge is 0.330 e. The number of aryl methyl sites for hydroxylation is 3. The summed E-state index contributed by atoms with van der Waals surface area (Å²) in [6.07, 6.45) is 7.17. The van der Waals surface area contributed by atoms with Gasteiger partial charge in [-0.3, -0.25) is 0 Å². The fourth-order valence-electron chi connectivity index (χ4n) is 2.70. The molecule has 100 valence electrons. The van der Waals surface area contributed by atoms with E-state index in [1.165, 1.54) is 47.4 Å². The number of thiazole rings is 1. The van der Waals surface area contributed by atoms with Gasteiger partial charge in [0.2, 0.25) is 0 Å². The summed E-state index contributed by atoms with van der Waals surface area (Å²) in [5.74, 6) is 0. The molecule has 2 aromatic rings. The molecule has 3 rings (SSSR count). The molecular formula is C16H20N2S. The monoisotopic (exact) mass is 272 g/mol. The Labute approximate surface area is 118 Å². The molecular weight excluding hydrogens is 252 g/mol. The lowest BCUT2D eigenvalue weighted by Gasteiger charge is -2.16. The molecule has 2 N–H and O–H groups in total. The van der Waals surface area contributed by atoms with E-state index in [0.717, 1.165) is 25.1 Å². The van der Waals surface area contributed by atoms with E-state index in [1.807, 2.05) is 0 Å². The van der Waals surface area contributed by atoms with E-state index in [0.29, 0.717) is 0 Å². The van der Waals surface area contributed by atoms with E-state index in [9.17, 15) is 0 Å². The van der Waals surface area contributed by atoms with Gasteiger partial charge >= 0.3 is 0 Å². The summed E-state index contributed by atoms with van der Waals surface area (Å²) in [6, 6.07) is 6.87. The first-order chi connectivity index (χ1) is 9.36. The molecule has 0 saturated heterocycles. The Morgan fingerprint density at radius 3 is 2.84 bits per heavy atom. The van der Waals surface area contributed by atoms with Gasteiger partial charge in [-0.05, 0) is 55.8 Å².